The van der Waals surface area contributed by atoms with Gasteiger partial charge in [0.1, 0.15) is 0 Å². The first-order valence-electron chi connectivity index (χ1n) is 12.5. The standard InChI is InChI=1S/C27H34F3N3O3/c1-32-10-8-20(15-25(32)34)23-7-9-31-16-24(23)26(35)33(22-5-6-22)17-19-12-18(4-3-11-36-2)13-21(14-19)27(28,29)30/h8,10,12-15,22-24,31H,3-7,9,11,16-17H2,1-2H3/t23-,24+/m1/s1. The van der Waals surface area contributed by atoms with E-state index in [1.54, 1.807) is 37.4 Å². The van der Waals surface area contributed by atoms with Crippen molar-refractivity contribution < 1.29 is 22.7 Å². The summed E-state index contributed by atoms with van der Waals surface area (Å²) in [6.45, 7) is 1.83. The molecular formula is C27H34F3N3O3. The van der Waals surface area contributed by atoms with Gasteiger partial charge in [0.25, 0.3) is 5.56 Å². The number of aryl methyl sites for hydroxylation is 2. The molecule has 2 aliphatic rings. The summed E-state index contributed by atoms with van der Waals surface area (Å²) in [7, 11) is 3.25. The fourth-order valence-electron chi connectivity index (χ4n) is 5.08. The van der Waals surface area contributed by atoms with Crippen molar-refractivity contribution in [2.24, 2.45) is 13.0 Å². The van der Waals surface area contributed by atoms with E-state index in [1.165, 1.54) is 16.7 Å². The van der Waals surface area contributed by atoms with Gasteiger partial charge in [-0.2, -0.15) is 13.2 Å². The van der Waals surface area contributed by atoms with Gasteiger partial charge in [-0.25, -0.2) is 0 Å². The Hall–Kier alpha value is -2.65. The molecule has 1 aromatic heterocycles. The van der Waals surface area contributed by atoms with Gasteiger partial charge in [-0.15, -0.1) is 0 Å². The molecule has 4 rings (SSSR count). The minimum atomic E-state index is -4.46. The Kier molecular flexibility index (Phi) is 8.20. The minimum Gasteiger partial charge on any atom is -0.385 e. The van der Waals surface area contributed by atoms with Gasteiger partial charge in [0.2, 0.25) is 5.91 Å². The Morgan fingerprint density at radius 3 is 2.58 bits per heavy atom. The summed E-state index contributed by atoms with van der Waals surface area (Å²) in [5.74, 6) is -0.549. The Bertz CT molecular complexity index is 1130. The second-order valence-electron chi connectivity index (χ2n) is 9.94. The summed E-state index contributed by atoms with van der Waals surface area (Å²) in [5, 5.41) is 3.29. The number of carbonyl (C=O) groups is 1. The maximum atomic E-state index is 13.9. The van der Waals surface area contributed by atoms with Gasteiger partial charge in [0.15, 0.2) is 0 Å². The van der Waals surface area contributed by atoms with E-state index in [-0.39, 0.29) is 35.9 Å². The van der Waals surface area contributed by atoms with Gasteiger partial charge in [-0.1, -0.05) is 6.07 Å². The molecule has 196 valence electrons. The zero-order valence-electron chi connectivity index (χ0n) is 20.8. The molecule has 6 nitrogen and oxygen atoms in total. The third kappa shape index (κ3) is 6.37. The number of piperidine rings is 1. The molecule has 1 amide bonds. The first-order valence-corrected chi connectivity index (χ1v) is 12.5. The van der Waals surface area contributed by atoms with Crippen LogP contribution in [0.2, 0.25) is 0 Å². The van der Waals surface area contributed by atoms with Crippen molar-refractivity contribution in [3.63, 3.8) is 0 Å². The number of carbonyl (C=O) groups excluding carboxylic acids is 1. The number of alkyl halides is 3. The van der Waals surface area contributed by atoms with E-state index in [2.05, 4.69) is 5.32 Å². The number of rotatable bonds is 9. The molecule has 1 saturated carbocycles. The lowest BCUT2D eigenvalue weighted by molar-refractivity contribution is -0.138. The molecule has 2 heterocycles. The monoisotopic (exact) mass is 505 g/mol. The maximum absolute atomic E-state index is 13.9. The van der Waals surface area contributed by atoms with Crippen LogP contribution in [0.5, 0.6) is 0 Å². The van der Waals surface area contributed by atoms with Crippen molar-refractivity contribution in [1.29, 1.82) is 0 Å². The number of hydrogen-bond donors (Lipinski definition) is 1. The minimum absolute atomic E-state index is 0.0372. The normalized spacial score (nSPS) is 20.4. The highest BCUT2D eigenvalue weighted by atomic mass is 19.4. The first kappa shape index (κ1) is 26.4. The van der Waals surface area contributed by atoms with E-state index in [9.17, 15) is 22.8 Å². The quantitative estimate of drug-likeness (QED) is 0.526. The van der Waals surface area contributed by atoms with Crippen molar-refractivity contribution in [3.8, 4) is 0 Å². The first-order chi connectivity index (χ1) is 17.2. The predicted molar refractivity (Wildman–Crippen MR) is 131 cm³/mol. The Morgan fingerprint density at radius 2 is 1.92 bits per heavy atom. The number of aromatic nitrogens is 1. The molecule has 36 heavy (non-hydrogen) atoms. The highest BCUT2D eigenvalue weighted by molar-refractivity contribution is 5.81. The van der Waals surface area contributed by atoms with Gasteiger partial charge < -0.3 is 19.5 Å². The highest BCUT2D eigenvalue weighted by Gasteiger charge is 2.40. The lowest BCUT2D eigenvalue weighted by Gasteiger charge is -2.36. The summed E-state index contributed by atoms with van der Waals surface area (Å²) >= 11 is 0. The Labute approximate surface area is 209 Å². The molecule has 9 heteroatoms. The summed E-state index contributed by atoms with van der Waals surface area (Å²) in [4.78, 5) is 27.9. The molecule has 1 aliphatic heterocycles. The van der Waals surface area contributed by atoms with Crippen LogP contribution in [-0.2, 0) is 35.7 Å². The second kappa shape index (κ2) is 11.2. The number of pyridine rings is 1. The molecular weight excluding hydrogens is 471 g/mol. The molecule has 0 radical (unpaired) electrons. The second-order valence-corrected chi connectivity index (χ2v) is 9.94. The molecule has 0 spiro atoms. The molecule has 1 saturated heterocycles. The summed E-state index contributed by atoms with van der Waals surface area (Å²) in [6.07, 6.45) is 0.764. The van der Waals surface area contributed by atoms with Crippen LogP contribution in [0.1, 0.15) is 53.9 Å². The van der Waals surface area contributed by atoms with E-state index in [4.69, 9.17) is 4.74 Å². The SMILES string of the molecule is COCCCc1cc(CN(C(=O)[C@H]2CNCC[C@@H]2c2ccn(C)c(=O)c2)C2CC2)cc(C(F)(F)F)c1. The molecule has 0 bridgehead atoms. The third-order valence-electron chi connectivity index (χ3n) is 7.17. The fourth-order valence-corrected chi connectivity index (χ4v) is 5.08. The van der Waals surface area contributed by atoms with Gasteiger partial charge in [0, 0.05) is 52.2 Å². The van der Waals surface area contributed by atoms with Crippen molar-refractivity contribution in [2.75, 3.05) is 26.8 Å². The topological polar surface area (TPSA) is 63.6 Å². The van der Waals surface area contributed by atoms with Crippen LogP contribution in [-0.4, -0.2) is 48.2 Å². The summed E-state index contributed by atoms with van der Waals surface area (Å²) < 4.78 is 47.5. The summed E-state index contributed by atoms with van der Waals surface area (Å²) in [6, 6.07) is 7.66. The van der Waals surface area contributed by atoms with Crippen LogP contribution < -0.4 is 10.9 Å². The van der Waals surface area contributed by atoms with Crippen molar-refractivity contribution in [3.05, 3.63) is 69.1 Å². The Morgan fingerprint density at radius 1 is 1.17 bits per heavy atom. The average Bonchev–Trinajstić information content (AvgIpc) is 3.69. The largest absolute Gasteiger partial charge is 0.416 e. The number of amides is 1. The van der Waals surface area contributed by atoms with Crippen molar-refractivity contribution in [1.82, 2.24) is 14.8 Å². The lowest BCUT2D eigenvalue weighted by Crippen LogP contribution is -2.47. The van der Waals surface area contributed by atoms with Gasteiger partial charge >= 0.3 is 6.18 Å². The molecule has 2 aromatic rings. The maximum Gasteiger partial charge on any atom is 0.416 e. The number of nitrogens with one attached hydrogen (secondary N) is 1. The van der Waals surface area contributed by atoms with E-state index in [0.717, 1.165) is 31.4 Å². The number of ether oxygens (including phenoxy) is 1. The van der Waals surface area contributed by atoms with Gasteiger partial charge in [0.05, 0.1) is 11.5 Å². The van der Waals surface area contributed by atoms with Crippen molar-refractivity contribution >= 4 is 5.91 Å². The number of halogens is 3. The third-order valence-corrected chi connectivity index (χ3v) is 7.17. The van der Waals surface area contributed by atoms with Crippen LogP contribution in [0.25, 0.3) is 0 Å². The molecule has 0 unspecified atom stereocenters. The molecule has 1 aromatic carbocycles. The number of hydrogen-bond acceptors (Lipinski definition) is 4. The molecule has 2 atom stereocenters. The number of nitrogens with zero attached hydrogens (tertiary/aromatic N) is 2. The molecule has 1 N–H and O–H groups in total. The van der Waals surface area contributed by atoms with Crippen LogP contribution >= 0.6 is 0 Å². The number of methoxy groups -OCH3 is 1. The Balaban J connectivity index is 1.60. The van der Waals surface area contributed by atoms with Crippen LogP contribution in [0.3, 0.4) is 0 Å². The lowest BCUT2D eigenvalue weighted by atomic mass is 9.80. The van der Waals surface area contributed by atoms with E-state index < -0.39 is 11.7 Å². The molecule has 2 fully saturated rings. The average molecular weight is 506 g/mol. The van der Waals surface area contributed by atoms with Crippen LogP contribution in [0, 0.1) is 5.92 Å². The molecule has 1 aliphatic carbocycles. The smallest absolute Gasteiger partial charge is 0.385 e. The van der Waals surface area contributed by atoms with Gasteiger partial charge in [-0.3, -0.25) is 9.59 Å². The zero-order chi connectivity index (χ0) is 25.9. The van der Waals surface area contributed by atoms with Crippen LogP contribution in [0.4, 0.5) is 13.2 Å². The fraction of sp³-hybridized carbons (Fsp3) is 0.556. The van der Waals surface area contributed by atoms with Gasteiger partial charge in [-0.05, 0) is 79.5 Å². The predicted octanol–water partition coefficient (Wildman–Crippen LogP) is 3.87. The van der Waals surface area contributed by atoms with Crippen LogP contribution in [0.15, 0.2) is 41.3 Å². The van der Waals surface area contributed by atoms with E-state index >= 15 is 0 Å². The van der Waals surface area contributed by atoms with E-state index in [1.807, 2.05) is 6.07 Å². The highest BCUT2D eigenvalue weighted by Crippen LogP contribution is 2.37. The summed E-state index contributed by atoms with van der Waals surface area (Å²) in [5.41, 5.74) is 1.12. The zero-order valence-corrected chi connectivity index (χ0v) is 20.8. The van der Waals surface area contributed by atoms with E-state index in [0.29, 0.717) is 37.1 Å². The van der Waals surface area contributed by atoms with Crippen molar-refractivity contribution in [2.45, 2.75) is 56.8 Å². The number of benzene rings is 1.